The van der Waals surface area contributed by atoms with Crippen LogP contribution in [0.2, 0.25) is 0 Å². The number of nitrogens with zero attached hydrogens (tertiary/aromatic N) is 2. The molecule has 1 saturated heterocycles. The molecule has 3 rings (SSSR count). The molecular weight excluding hydrogens is 406 g/mol. The minimum Gasteiger partial charge on any atom is -0.352 e. The molecule has 2 amide bonds. The largest absolute Gasteiger partial charge is 0.352 e. The Bertz CT molecular complexity index is 1000. The van der Waals surface area contributed by atoms with Gasteiger partial charge in [-0.1, -0.05) is 44.2 Å². The Labute approximate surface area is 189 Å². The zero-order valence-electron chi connectivity index (χ0n) is 19.1. The van der Waals surface area contributed by atoms with Crippen LogP contribution >= 0.6 is 0 Å². The van der Waals surface area contributed by atoms with Crippen LogP contribution in [0.3, 0.4) is 0 Å². The predicted molar refractivity (Wildman–Crippen MR) is 124 cm³/mol. The van der Waals surface area contributed by atoms with Crippen molar-refractivity contribution in [2.75, 3.05) is 6.54 Å². The van der Waals surface area contributed by atoms with E-state index >= 15 is 0 Å². The summed E-state index contributed by atoms with van der Waals surface area (Å²) < 4.78 is 0. The molecule has 0 saturated carbocycles. The molecule has 1 N–H and O–H groups in total. The number of aryl methyl sites for hydroxylation is 1. The van der Waals surface area contributed by atoms with Crippen molar-refractivity contribution in [1.29, 1.82) is 0 Å². The second-order valence-electron chi connectivity index (χ2n) is 9.28. The van der Waals surface area contributed by atoms with Crippen LogP contribution in [-0.4, -0.2) is 40.3 Å². The highest BCUT2D eigenvalue weighted by atomic mass is 16.6. The van der Waals surface area contributed by atoms with Gasteiger partial charge in [-0.05, 0) is 56.2 Å². The number of carbonyl (C=O) groups excluding carboxylic acids is 2. The molecule has 1 fully saturated rings. The summed E-state index contributed by atoms with van der Waals surface area (Å²) in [5.74, 6) is -0.413. The third-order valence-corrected chi connectivity index (χ3v) is 6.22. The molecule has 170 valence electrons. The van der Waals surface area contributed by atoms with Gasteiger partial charge in [0.1, 0.15) is 6.04 Å². The lowest BCUT2D eigenvalue weighted by molar-refractivity contribution is -0.385. The Hall–Kier alpha value is -3.22. The fourth-order valence-electron chi connectivity index (χ4n) is 4.60. The van der Waals surface area contributed by atoms with Crippen LogP contribution in [0.25, 0.3) is 0 Å². The Kier molecular flexibility index (Phi) is 6.96. The number of nitro benzene ring substituents is 1. The van der Waals surface area contributed by atoms with Crippen molar-refractivity contribution in [1.82, 2.24) is 10.2 Å². The number of likely N-dealkylation sites (tertiary alicyclic amines) is 1. The van der Waals surface area contributed by atoms with Gasteiger partial charge in [-0.15, -0.1) is 0 Å². The van der Waals surface area contributed by atoms with E-state index in [2.05, 4.69) is 31.3 Å². The maximum atomic E-state index is 13.1. The van der Waals surface area contributed by atoms with Crippen molar-refractivity contribution in [3.05, 3.63) is 75.3 Å². The maximum Gasteiger partial charge on any atom is 0.272 e. The minimum atomic E-state index is -0.528. The van der Waals surface area contributed by atoms with Gasteiger partial charge in [0.15, 0.2) is 0 Å². The van der Waals surface area contributed by atoms with E-state index in [9.17, 15) is 19.7 Å². The molecule has 2 aromatic carbocycles. The second-order valence-corrected chi connectivity index (χ2v) is 9.28. The zero-order chi connectivity index (χ0) is 23.5. The molecule has 2 aromatic rings. The second kappa shape index (κ2) is 9.51. The van der Waals surface area contributed by atoms with Gasteiger partial charge >= 0.3 is 0 Å². The Balaban J connectivity index is 1.67. The van der Waals surface area contributed by atoms with Gasteiger partial charge in [-0.3, -0.25) is 19.7 Å². The molecule has 2 unspecified atom stereocenters. The average Bonchev–Trinajstić information content (AvgIpc) is 3.23. The van der Waals surface area contributed by atoms with Crippen molar-refractivity contribution in [3.63, 3.8) is 0 Å². The maximum absolute atomic E-state index is 13.1. The van der Waals surface area contributed by atoms with Crippen LogP contribution in [0.15, 0.2) is 48.5 Å². The van der Waals surface area contributed by atoms with Crippen LogP contribution in [0.1, 0.15) is 61.5 Å². The number of hydrogen-bond acceptors (Lipinski definition) is 4. The number of amides is 2. The molecule has 7 heteroatoms. The van der Waals surface area contributed by atoms with Gasteiger partial charge in [0.25, 0.3) is 11.6 Å². The molecular formula is C25H31N3O4. The fourth-order valence-corrected chi connectivity index (χ4v) is 4.60. The molecule has 1 aliphatic rings. The number of carbonyl (C=O) groups is 2. The van der Waals surface area contributed by atoms with Gasteiger partial charge in [-0.25, -0.2) is 0 Å². The monoisotopic (exact) mass is 437 g/mol. The summed E-state index contributed by atoms with van der Waals surface area (Å²) in [6, 6.07) is 14.0. The van der Waals surface area contributed by atoms with Crippen LogP contribution in [-0.2, 0) is 10.2 Å². The highest BCUT2D eigenvalue weighted by molar-refractivity contribution is 5.98. The van der Waals surface area contributed by atoms with Crippen LogP contribution in [0.4, 0.5) is 5.69 Å². The highest BCUT2D eigenvalue weighted by Gasteiger charge is 2.36. The van der Waals surface area contributed by atoms with E-state index in [0.717, 1.165) is 12.8 Å². The number of nitrogens with one attached hydrogen (secondary N) is 1. The first-order valence-corrected chi connectivity index (χ1v) is 11.0. The molecule has 0 bridgehead atoms. The summed E-state index contributed by atoms with van der Waals surface area (Å²) in [4.78, 5) is 38.3. The number of rotatable bonds is 7. The van der Waals surface area contributed by atoms with E-state index in [-0.39, 0.29) is 29.0 Å². The van der Waals surface area contributed by atoms with Crippen molar-refractivity contribution >= 4 is 17.5 Å². The van der Waals surface area contributed by atoms with Crippen molar-refractivity contribution < 1.29 is 14.5 Å². The standard InChI is InChI=1S/C25H31N3O4/c1-17-15-19(12-13-21(17)28(31)32)24(30)27-14-8-11-22(27)23(29)26-18(2)16-25(3,4)20-9-6-5-7-10-20/h5-7,9-10,12-13,15,18,22H,8,11,14,16H2,1-4H3,(H,26,29). The smallest absolute Gasteiger partial charge is 0.272 e. The molecule has 0 aromatic heterocycles. The Morgan fingerprint density at radius 3 is 2.53 bits per heavy atom. The van der Waals surface area contributed by atoms with E-state index < -0.39 is 11.0 Å². The minimum absolute atomic E-state index is 0.0212. The average molecular weight is 438 g/mol. The summed E-state index contributed by atoms with van der Waals surface area (Å²) in [6.07, 6.45) is 2.13. The lowest BCUT2D eigenvalue weighted by atomic mass is 9.79. The van der Waals surface area contributed by atoms with Gasteiger partial charge in [0.2, 0.25) is 5.91 Å². The first kappa shape index (κ1) is 23.4. The SMILES string of the molecule is Cc1cc(C(=O)N2CCCC2C(=O)NC(C)CC(C)(C)c2ccccc2)ccc1[N+](=O)[O-]. The van der Waals surface area contributed by atoms with Crippen LogP contribution < -0.4 is 5.32 Å². The number of benzene rings is 2. The lowest BCUT2D eigenvalue weighted by Crippen LogP contribution is -2.49. The van der Waals surface area contributed by atoms with Crippen LogP contribution in [0.5, 0.6) is 0 Å². The van der Waals surface area contributed by atoms with Gasteiger partial charge < -0.3 is 10.2 Å². The first-order chi connectivity index (χ1) is 15.1. The molecule has 1 aliphatic heterocycles. The third kappa shape index (κ3) is 5.15. The summed E-state index contributed by atoms with van der Waals surface area (Å²) in [5, 5.41) is 14.1. The molecule has 7 nitrogen and oxygen atoms in total. The van der Waals surface area contributed by atoms with Gasteiger partial charge in [0, 0.05) is 29.8 Å². The lowest BCUT2D eigenvalue weighted by Gasteiger charge is -2.31. The molecule has 0 aliphatic carbocycles. The fraction of sp³-hybridized carbons (Fsp3) is 0.440. The molecule has 2 atom stereocenters. The Morgan fingerprint density at radius 2 is 1.91 bits per heavy atom. The highest BCUT2D eigenvalue weighted by Crippen LogP contribution is 2.29. The summed E-state index contributed by atoms with van der Waals surface area (Å²) in [6.45, 7) is 8.42. The van der Waals surface area contributed by atoms with E-state index in [4.69, 9.17) is 0 Å². The third-order valence-electron chi connectivity index (χ3n) is 6.22. The molecule has 32 heavy (non-hydrogen) atoms. The first-order valence-electron chi connectivity index (χ1n) is 11.0. The van der Waals surface area contributed by atoms with Gasteiger partial charge in [-0.2, -0.15) is 0 Å². The quantitative estimate of drug-likeness (QED) is 0.514. The van der Waals surface area contributed by atoms with E-state index in [1.54, 1.807) is 11.8 Å². The van der Waals surface area contributed by atoms with Crippen molar-refractivity contribution in [2.24, 2.45) is 0 Å². The topological polar surface area (TPSA) is 92.6 Å². The molecule has 1 heterocycles. The zero-order valence-corrected chi connectivity index (χ0v) is 19.1. The summed E-state index contributed by atoms with van der Waals surface area (Å²) in [7, 11) is 0. The normalized spacial score (nSPS) is 17.1. The number of nitro groups is 1. The van der Waals surface area contributed by atoms with Gasteiger partial charge in [0.05, 0.1) is 4.92 Å². The van der Waals surface area contributed by atoms with Crippen molar-refractivity contribution in [3.8, 4) is 0 Å². The molecule has 0 radical (unpaired) electrons. The van der Waals surface area contributed by atoms with E-state index in [1.165, 1.54) is 23.8 Å². The summed E-state index contributed by atoms with van der Waals surface area (Å²) >= 11 is 0. The van der Waals surface area contributed by atoms with E-state index in [0.29, 0.717) is 24.1 Å². The number of hydrogen-bond donors (Lipinski definition) is 1. The molecule has 0 spiro atoms. The predicted octanol–water partition coefficient (Wildman–Crippen LogP) is 4.38. The Morgan fingerprint density at radius 1 is 1.22 bits per heavy atom. The van der Waals surface area contributed by atoms with E-state index in [1.807, 2.05) is 25.1 Å². The van der Waals surface area contributed by atoms with Crippen LogP contribution in [0, 0.1) is 17.0 Å². The summed E-state index contributed by atoms with van der Waals surface area (Å²) in [5.41, 5.74) is 1.89. The van der Waals surface area contributed by atoms with Crippen molar-refractivity contribution in [2.45, 2.75) is 64.5 Å².